The Morgan fingerprint density at radius 3 is 2.38 bits per heavy atom. The average Bonchev–Trinajstić information content (AvgIpc) is 3.03. The monoisotopic (exact) mass is 438 g/mol. The molecule has 2 amide bonds. The fraction of sp³-hybridized carbons (Fsp3) is 0.625. The molecule has 32 heavy (non-hydrogen) atoms. The summed E-state index contributed by atoms with van der Waals surface area (Å²) in [5.41, 5.74) is 4.51. The van der Waals surface area contributed by atoms with E-state index in [0.717, 1.165) is 80.2 Å². The smallest absolute Gasteiger partial charge is 0.251 e. The van der Waals surface area contributed by atoms with Crippen molar-refractivity contribution < 1.29 is 9.59 Å². The molecule has 0 spiro atoms. The Morgan fingerprint density at radius 2 is 1.72 bits per heavy atom. The van der Waals surface area contributed by atoms with Crippen LogP contribution in [0.25, 0.3) is 5.95 Å². The van der Waals surface area contributed by atoms with E-state index in [1.165, 1.54) is 0 Å². The third-order valence-corrected chi connectivity index (χ3v) is 6.80. The van der Waals surface area contributed by atoms with E-state index in [4.69, 9.17) is 0 Å². The summed E-state index contributed by atoms with van der Waals surface area (Å²) in [6.07, 6.45) is 5.09. The van der Waals surface area contributed by atoms with Gasteiger partial charge in [-0.2, -0.15) is 5.10 Å². The van der Waals surface area contributed by atoms with E-state index in [-0.39, 0.29) is 5.91 Å². The molecule has 0 N–H and O–H groups in total. The minimum Gasteiger partial charge on any atom is -0.342 e. The molecule has 8 heteroatoms. The molecule has 2 aromatic heterocycles. The number of hydrogen-bond acceptors (Lipinski definition) is 5. The number of carbonyl (C=O) groups excluding carboxylic acids is 2. The first-order valence-electron chi connectivity index (χ1n) is 11.7. The number of nitrogens with zero attached hydrogens (tertiary/aromatic N) is 6. The minimum absolute atomic E-state index is 0.143. The Balaban J connectivity index is 1.37. The van der Waals surface area contributed by atoms with Gasteiger partial charge in [0.2, 0.25) is 11.8 Å². The lowest BCUT2D eigenvalue weighted by Gasteiger charge is -2.36. The molecule has 2 saturated heterocycles. The molecule has 2 aliphatic heterocycles. The zero-order chi connectivity index (χ0) is 22.8. The second kappa shape index (κ2) is 9.38. The van der Waals surface area contributed by atoms with Crippen LogP contribution in [0.4, 0.5) is 0 Å². The van der Waals surface area contributed by atoms with Gasteiger partial charge in [-0.3, -0.25) is 9.59 Å². The quantitative estimate of drug-likeness (QED) is 0.717. The van der Waals surface area contributed by atoms with E-state index in [0.29, 0.717) is 30.6 Å². The Kier molecular flexibility index (Phi) is 6.58. The molecule has 0 aliphatic carbocycles. The van der Waals surface area contributed by atoms with Crippen molar-refractivity contribution in [2.75, 3.05) is 26.2 Å². The summed E-state index contributed by atoms with van der Waals surface area (Å²) >= 11 is 0. The van der Waals surface area contributed by atoms with Gasteiger partial charge in [0.1, 0.15) is 0 Å². The fourth-order valence-electron chi connectivity index (χ4n) is 4.92. The molecule has 0 bridgehead atoms. The molecule has 2 fully saturated rings. The van der Waals surface area contributed by atoms with Crippen molar-refractivity contribution in [1.29, 1.82) is 0 Å². The molecule has 0 unspecified atom stereocenters. The molecule has 0 radical (unpaired) electrons. The maximum atomic E-state index is 13.1. The molecule has 4 rings (SSSR count). The summed E-state index contributed by atoms with van der Waals surface area (Å²) in [6.45, 7) is 11.1. The largest absolute Gasteiger partial charge is 0.342 e. The minimum atomic E-state index is 0.143. The van der Waals surface area contributed by atoms with Gasteiger partial charge in [0, 0.05) is 55.2 Å². The molecule has 8 nitrogen and oxygen atoms in total. The van der Waals surface area contributed by atoms with E-state index >= 15 is 0 Å². The normalized spacial score (nSPS) is 17.8. The predicted molar refractivity (Wildman–Crippen MR) is 122 cm³/mol. The van der Waals surface area contributed by atoms with Gasteiger partial charge in [0.25, 0.3) is 5.95 Å². The number of aryl methyl sites for hydroxylation is 3. The summed E-state index contributed by atoms with van der Waals surface area (Å²) < 4.78 is 1.75. The lowest BCUT2D eigenvalue weighted by Crippen LogP contribution is -2.44. The number of aromatic nitrogens is 4. The fourth-order valence-corrected chi connectivity index (χ4v) is 4.92. The number of rotatable bonds is 5. The Hall–Kier alpha value is -2.77. The SMILES string of the molecule is Cc1cc(C)nc(-n2nc(C)c(CC(=O)N3CCC(CN4CCCCC4=O)CC3)c2C)n1. The van der Waals surface area contributed by atoms with Crippen LogP contribution in [-0.4, -0.2) is 67.5 Å². The highest BCUT2D eigenvalue weighted by Gasteiger charge is 2.28. The number of likely N-dealkylation sites (tertiary alicyclic amines) is 2. The second-order valence-corrected chi connectivity index (χ2v) is 9.31. The molecule has 2 aliphatic rings. The van der Waals surface area contributed by atoms with Crippen LogP contribution < -0.4 is 0 Å². The molecular weight excluding hydrogens is 404 g/mol. The first-order chi connectivity index (χ1) is 15.3. The highest BCUT2D eigenvalue weighted by molar-refractivity contribution is 5.79. The third kappa shape index (κ3) is 4.84. The first kappa shape index (κ1) is 22.4. The van der Waals surface area contributed by atoms with E-state index in [1.54, 1.807) is 4.68 Å². The van der Waals surface area contributed by atoms with Crippen molar-refractivity contribution in [2.45, 2.75) is 66.2 Å². The van der Waals surface area contributed by atoms with Crippen LogP contribution >= 0.6 is 0 Å². The van der Waals surface area contributed by atoms with Crippen molar-refractivity contribution in [3.63, 3.8) is 0 Å². The standard InChI is InChI=1S/C24H34N6O2/c1-16-13-17(2)26-24(25-16)30-19(4)21(18(3)27-30)14-23(32)28-11-8-20(9-12-28)15-29-10-6-5-7-22(29)31/h13,20H,5-12,14-15H2,1-4H3. The number of amides is 2. The topological polar surface area (TPSA) is 84.2 Å². The second-order valence-electron chi connectivity index (χ2n) is 9.31. The molecule has 2 aromatic rings. The summed E-state index contributed by atoms with van der Waals surface area (Å²) in [6, 6.07) is 1.93. The first-order valence-corrected chi connectivity index (χ1v) is 11.7. The van der Waals surface area contributed by atoms with Gasteiger partial charge in [0.05, 0.1) is 12.1 Å². The Bertz CT molecular complexity index is 986. The van der Waals surface area contributed by atoms with Crippen LogP contribution in [0, 0.1) is 33.6 Å². The van der Waals surface area contributed by atoms with Crippen LogP contribution in [-0.2, 0) is 16.0 Å². The van der Waals surface area contributed by atoms with Gasteiger partial charge in [-0.15, -0.1) is 0 Å². The lowest BCUT2D eigenvalue weighted by atomic mass is 9.94. The van der Waals surface area contributed by atoms with Gasteiger partial charge >= 0.3 is 0 Å². The van der Waals surface area contributed by atoms with Crippen molar-refractivity contribution in [3.05, 3.63) is 34.4 Å². The summed E-state index contributed by atoms with van der Waals surface area (Å²) in [7, 11) is 0. The van der Waals surface area contributed by atoms with E-state index < -0.39 is 0 Å². The van der Waals surface area contributed by atoms with Crippen LogP contribution in [0.1, 0.15) is 60.4 Å². The summed E-state index contributed by atoms with van der Waals surface area (Å²) in [4.78, 5) is 38.2. The van der Waals surface area contributed by atoms with Crippen LogP contribution in [0.15, 0.2) is 6.07 Å². The molecule has 0 atom stereocenters. The highest BCUT2D eigenvalue weighted by atomic mass is 16.2. The maximum absolute atomic E-state index is 13.1. The molecule has 0 saturated carbocycles. The molecule has 0 aromatic carbocycles. The zero-order valence-corrected chi connectivity index (χ0v) is 19.7. The third-order valence-electron chi connectivity index (χ3n) is 6.80. The lowest BCUT2D eigenvalue weighted by molar-refractivity contribution is -0.136. The van der Waals surface area contributed by atoms with E-state index in [2.05, 4.69) is 15.1 Å². The maximum Gasteiger partial charge on any atom is 0.251 e. The molecule has 4 heterocycles. The number of carbonyl (C=O) groups is 2. The molecular formula is C24H34N6O2. The summed E-state index contributed by atoms with van der Waals surface area (Å²) in [5, 5.41) is 4.63. The van der Waals surface area contributed by atoms with Crippen LogP contribution in [0.2, 0.25) is 0 Å². The Morgan fingerprint density at radius 1 is 1.03 bits per heavy atom. The zero-order valence-electron chi connectivity index (χ0n) is 19.7. The highest BCUT2D eigenvalue weighted by Crippen LogP contribution is 2.23. The van der Waals surface area contributed by atoms with Crippen molar-refractivity contribution in [2.24, 2.45) is 5.92 Å². The van der Waals surface area contributed by atoms with Crippen molar-refractivity contribution in [3.8, 4) is 5.95 Å². The van der Waals surface area contributed by atoms with Crippen LogP contribution in [0.3, 0.4) is 0 Å². The average molecular weight is 439 g/mol. The Labute approximate surface area is 190 Å². The van der Waals surface area contributed by atoms with Gasteiger partial charge in [-0.05, 0) is 65.4 Å². The number of piperidine rings is 2. The van der Waals surface area contributed by atoms with Gasteiger partial charge < -0.3 is 9.80 Å². The predicted octanol–water partition coefficient (Wildman–Crippen LogP) is 2.69. The van der Waals surface area contributed by atoms with Gasteiger partial charge in [-0.25, -0.2) is 14.6 Å². The summed E-state index contributed by atoms with van der Waals surface area (Å²) in [5.74, 6) is 1.49. The van der Waals surface area contributed by atoms with E-state index in [9.17, 15) is 9.59 Å². The van der Waals surface area contributed by atoms with Crippen molar-refractivity contribution >= 4 is 11.8 Å². The van der Waals surface area contributed by atoms with Crippen molar-refractivity contribution in [1.82, 2.24) is 29.5 Å². The van der Waals surface area contributed by atoms with Crippen LogP contribution in [0.5, 0.6) is 0 Å². The van der Waals surface area contributed by atoms with E-state index in [1.807, 2.05) is 43.6 Å². The molecule has 172 valence electrons. The van der Waals surface area contributed by atoms with Gasteiger partial charge in [0.15, 0.2) is 0 Å². The van der Waals surface area contributed by atoms with Gasteiger partial charge in [-0.1, -0.05) is 0 Å². The number of hydrogen-bond donors (Lipinski definition) is 0.